The van der Waals surface area contributed by atoms with Crippen LogP contribution in [0.25, 0.3) is 11.4 Å². The Hall–Kier alpha value is -1.98. The summed E-state index contributed by atoms with van der Waals surface area (Å²) in [4.78, 5) is 0. The molecule has 0 aliphatic carbocycles. The molecule has 23 heavy (non-hydrogen) atoms. The van der Waals surface area contributed by atoms with Crippen LogP contribution in [0.4, 0.5) is 0 Å². The van der Waals surface area contributed by atoms with Gasteiger partial charge < -0.3 is 9.30 Å². The summed E-state index contributed by atoms with van der Waals surface area (Å²) in [6.07, 6.45) is 0. The number of hydrogen-bond acceptors (Lipinski definition) is 4. The minimum absolute atomic E-state index is 0.557. The highest BCUT2D eigenvalue weighted by atomic mass is 35.5. The standard InChI is InChI=1S/C17H16ClN3OS/c1-21-16(13-7-3-2-4-8-13)19-20-17(21)23-12-11-22-15-10-6-5-9-14(15)18/h2-10H,11-12H2,1H3. The Kier molecular flexibility index (Phi) is 5.20. The van der Waals surface area contributed by atoms with E-state index in [0.717, 1.165) is 22.3 Å². The van der Waals surface area contributed by atoms with E-state index in [2.05, 4.69) is 10.2 Å². The molecule has 6 heteroatoms. The summed E-state index contributed by atoms with van der Waals surface area (Å²) in [5.74, 6) is 2.34. The van der Waals surface area contributed by atoms with Gasteiger partial charge in [0.05, 0.1) is 11.6 Å². The van der Waals surface area contributed by atoms with Gasteiger partial charge in [-0.1, -0.05) is 65.8 Å². The predicted octanol–water partition coefficient (Wildman–Crippen LogP) is 4.31. The molecular formula is C17H16ClN3OS. The van der Waals surface area contributed by atoms with Gasteiger partial charge in [-0.25, -0.2) is 0 Å². The van der Waals surface area contributed by atoms with Crippen LogP contribution in [0, 0.1) is 0 Å². The summed E-state index contributed by atoms with van der Waals surface area (Å²) < 4.78 is 7.68. The van der Waals surface area contributed by atoms with Crippen molar-refractivity contribution in [3.8, 4) is 17.1 Å². The highest BCUT2D eigenvalue weighted by Gasteiger charge is 2.10. The molecule has 0 N–H and O–H groups in total. The Balaban J connectivity index is 1.57. The van der Waals surface area contributed by atoms with Crippen molar-refractivity contribution in [3.63, 3.8) is 0 Å². The zero-order valence-electron chi connectivity index (χ0n) is 12.6. The molecule has 0 bridgehead atoms. The molecule has 0 radical (unpaired) electrons. The zero-order chi connectivity index (χ0) is 16.1. The Morgan fingerprint density at radius 2 is 1.78 bits per heavy atom. The summed E-state index contributed by atoms with van der Waals surface area (Å²) in [7, 11) is 1.97. The Morgan fingerprint density at radius 3 is 2.57 bits per heavy atom. The number of aromatic nitrogens is 3. The average Bonchev–Trinajstić information content (AvgIpc) is 2.95. The lowest BCUT2D eigenvalue weighted by atomic mass is 10.2. The number of thioether (sulfide) groups is 1. The van der Waals surface area contributed by atoms with E-state index in [1.807, 2.05) is 66.2 Å². The van der Waals surface area contributed by atoms with Crippen LogP contribution >= 0.6 is 23.4 Å². The first-order valence-corrected chi connectivity index (χ1v) is 8.57. The third kappa shape index (κ3) is 3.86. The van der Waals surface area contributed by atoms with Crippen molar-refractivity contribution in [1.82, 2.24) is 14.8 Å². The molecule has 0 saturated carbocycles. The second-order valence-corrected chi connectivity index (χ2v) is 6.33. The van der Waals surface area contributed by atoms with Gasteiger partial charge in [0.15, 0.2) is 11.0 Å². The minimum atomic E-state index is 0.557. The molecule has 118 valence electrons. The van der Waals surface area contributed by atoms with Crippen LogP contribution < -0.4 is 4.74 Å². The molecule has 0 amide bonds. The summed E-state index contributed by atoms with van der Waals surface area (Å²) in [5, 5.41) is 10.0. The van der Waals surface area contributed by atoms with Gasteiger partial charge in [-0.05, 0) is 12.1 Å². The molecule has 0 aliphatic heterocycles. The number of ether oxygens (including phenoxy) is 1. The SMILES string of the molecule is Cn1c(SCCOc2ccccc2Cl)nnc1-c1ccccc1. The topological polar surface area (TPSA) is 39.9 Å². The maximum absolute atomic E-state index is 6.06. The van der Waals surface area contributed by atoms with E-state index in [0.29, 0.717) is 17.4 Å². The number of halogens is 1. The lowest BCUT2D eigenvalue weighted by Crippen LogP contribution is -2.02. The van der Waals surface area contributed by atoms with Gasteiger partial charge in [0.25, 0.3) is 0 Å². The average molecular weight is 346 g/mol. The highest BCUT2D eigenvalue weighted by Crippen LogP contribution is 2.25. The third-order valence-electron chi connectivity index (χ3n) is 3.28. The fraction of sp³-hybridized carbons (Fsp3) is 0.176. The second-order valence-electron chi connectivity index (χ2n) is 4.86. The first kappa shape index (κ1) is 15.9. The number of hydrogen-bond donors (Lipinski definition) is 0. The molecule has 0 fully saturated rings. The van der Waals surface area contributed by atoms with Crippen molar-refractivity contribution in [1.29, 1.82) is 0 Å². The van der Waals surface area contributed by atoms with Crippen LogP contribution in [0.2, 0.25) is 5.02 Å². The van der Waals surface area contributed by atoms with Crippen LogP contribution in [-0.4, -0.2) is 27.1 Å². The number of rotatable bonds is 6. The van der Waals surface area contributed by atoms with E-state index in [4.69, 9.17) is 16.3 Å². The molecule has 3 rings (SSSR count). The summed E-state index contributed by atoms with van der Waals surface area (Å²) in [6.45, 7) is 0.557. The zero-order valence-corrected chi connectivity index (χ0v) is 14.2. The Morgan fingerprint density at radius 1 is 1.04 bits per heavy atom. The van der Waals surface area contributed by atoms with E-state index in [9.17, 15) is 0 Å². The molecule has 0 unspecified atom stereocenters. The van der Waals surface area contributed by atoms with Crippen LogP contribution in [0.5, 0.6) is 5.75 Å². The van der Waals surface area contributed by atoms with Crippen LogP contribution in [0.1, 0.15) is 0 Å². The van der Waals surface area contributed by atoms with Gasteiger partial charge >= 0.3 is 0 Å². The van der Waals surface area contributed by atoms with Crippen molar-refractivity contribution in [2.75, 3.05) is 12.4 Å². The van der Waals surface area contributed by atoms with Gasteiger partial charge in [-0.15, -0.1) is 10.2 Å². The van der Waals surface area contributed by atoms with Crippen molar-refractivity contribution in [3.05, 3.63) is 59.6 Å². The summed E-state index contributed by atoms with van der Waals surface area (Å²) in [6, 6.07) is 17.5. The van der Waals surface area contributed by atoms with Gasteiger partial charge in [-0.2, -0.15) is 0 Å². The van der Waals surface area contributed by atoms with E-state index >= 15 is 0 Å². The van der Waals surface area contributed by atoms with Crippen molar-refractivity contribution in [2.45, 2.75) is 5.16 Å². The van der Waals surface area contributed by atoms with E-state index in [1.165, 1.54) is 0 Å². The van der Waals surface area contributed by atoms with Crippen LogP contribution in [-0.2, 0) is 7.05 Å². The van der Waals surface area contributed by atoms with Crippen molar-refractivity contribution < 1.29 is 4.74 Å². The van der Waals surface area contributed by atoms with Gasteiger partial charge in [0.1, 0.15) is 5.75 Å². The Labute approximate surface area is 144 Å². The second kappa shape index (κ2) is 7.53. The van der Waals surface area contributed by atoms with Gasteiger partial charge in [0, 0.05) is 18.4 Å². The largest absolute Gasteiger partial charge is 0.491 e. The molecule has 2 aromatic carbocycles. The van der Waals surface area contributed by atoms with E-state index in [1.54, 1.807) is 11.8 Å². The molecule has 0 spiro atoms. The predicted molar refractivity (Wildman–Crippen MR) is 94.1 cm³/mol. The minimum Gasteiger partial charge on any atom is -0.491 e. The van der Waals surface area contributed by atoms with E-state index in [-0.39, 0.29) is 0 Å². The molecule has 0 saturated heterocycles. The van der Waals surface area contributed by atoms with Crippen LogP contribution in [0.3, 0.4) is 0 Å². The fourth-order valence-corrected chi connectivity index (χ4v) is 3.04. The van der Waals surface area contributed by atoms with Crippen molar-refractivity contribution in [2.24, 2.45) is 7.05 Å². The molecule has 1 heterocycles. The molecule has 4 nitrogen and oxygen atoms in total. The monoisotopic (exact) mass is 345 g/mol. The van der Waals surface area contributed by atoms with Crippen LogP contribution in [0.15, 0.2) is 59.8 Å². The highest BCUT2D eigenvalue weighted by molar-refractivity contribution is 7.99. The van der Waals surface area contributed by atoms with E-state index < -0.39 is 0 Å². The third-order valence-corrected chi connectivity index (χ3v) is 4.57. The maximum Gasteiger partial charge on any atom is 0.191 e. The normalized spacial score (nSPS) is 10.7. The molecular weight excluding hydrogens is 330 g/mol. The maximum atomic E-state index is 6.06. The van der Waals surface area contributed by atoms with Crippen molar-refractivity contribution >= 4 is 23.4 Å². The lowest BCUT2D eigenvalue weighted by molar-refractivity contribution is 0.344. The molecule has 0 atom stereocenters. The molecule has 1 aromatic heterocycles. The van der Waals surface area contributed by atoms with Gasteiger partial charge in [-0.3, -0.25) is 0 Å². The smallest absolute Gasteiger partial charge is 0.191 e. The fourth-order valence-electron chi connectivity index (χ4n) is 2.13. The first-order valence-electron chi connectivity index (χ1n) is 7.20. The quantitative estimate of drug-likeness (QED) is 0.493. The number of nitrogens with zero attached hydrogens (tertiary/aromatic N) is 3. The summed E-state index contributed by atoms with van der Waals surface area (Å²) in [5.41, 5.74) is 1.06. The van der Waals surface area contributed by atoms with Gasteiger partial charge in [0.2, 0.25) is 0 Å². The Bertz CT molecular complexity index is 777. The lowest BCUT2D eigenvalue weighted by Gasteiger charge is -2.07. The number of para-hydroxylation sites is 1. The summed E-state index contributed by atoms with van der Waals surface area (Å²) >= 11 is 7.67. The molecule has 0 aliphatic rings. The first-order chi connectivity index (χ1) is 11.3. The number of benzene rings is 2. The molecule has 3 aromatic rings.